The molecule has 0 saturated carbocycles. The first-order valence-electron chi connectivity index (χ1n) is 9.02. The number of piperidine rings is 1. The van der Waals surface area contributed by atoms with E-state index in [1.165, 1.54) is 12.3 Å². The number of fused-ring (bicyclic) bond motifs is 1. The number of carbonyl (C=O) groups excluding carboxylic acids is 1. The zero-order chi connectivity index (χ0) is 20.6. The van der Waals surface area contributed by atoms with Gasteiger partial charge in [-0.2, -0.15) is 0 Å². The molecule has 1 aliphatic heterocycles. The quantitative estimate of drug-likeness (QED) is 0.578. The first-order chi connectivity index (χ1) is 13.8. The lowest BCUT2D eigenvalue weighted by Gasteiger charge is -2.39. The summed E-state index contributed by atoms with van der Waals surface area (Å²) in [5.41, 5.74) is 0.776. The second-order valence-electron chi connectivity index (χ2n) is 7.12. The van der Waals surface area contributed by atoms with Gasteiger partial charge in [0.1, 0.15) is 0 Å². The smallest absolute Gasteiger partial charge is 0.406 e. The maximum atomic E-state index is 12.4. The Morgan fingerprint density at radius 3 is 2.76 bits per heavy atom. The molecule has 0 spiro atoms. The van der Waals surface area contributed by atoms with Crippen LogP contribution in [0.5, 0.6) is 0 Å². The van der Waals surface area contributed by atoms with Gasteiger partial charge in [-0.1, -0.05) is 23.2 Å². The van der Waals surface area contributed by atoms with Gasteiger partial charge >= 0.3 is 5.76 Å². The summed E-state index contributed by atoms with van der Waals surface area (Å²) < 4.78 is 4.93. The van der Waals surface area contributed by atoms with Gasteiger partial charge in [0.15, 0.2) is 11.2 Å². The third-order valence-corrected chi connectivity index (χ3v) is 5.75. The SMILES string of the molecule is O=C(CC1(O)CCN(c2ccc(Cl)c(Cl)c2)CC1)Nc1cnc2[nH]c(=O)oc2c1. The number of halogens is 2. The monoisotopic (exact) mass is 436 g/mol. The van der Waals surface area contributed by atoms with Crippen LogP contribution in [0.15, 0.2) is 39.7 Å². The summed E-state index contributed by atoms with van der Waals surface area (Å²) in [6, 6.07) is 6.93. The van der Waals surface area contributed by atoms with Crippen molar-refractivity contribution >= 4 is 51.7 Å². The van der Waals surface area contributed by atoms with E-state index >= 15 is 0 Å². The Kier molecular flexibility index (Phi) is 5.24. The van der Waals surface area contributed by atoms with Gasteiger partial charge in [0, 0.05) is 24.8 Å². The number of H-pyrrole nitrogens is 1. The van der Waals surface area contributed by atoms with Crippen LogP contribution < -0.4 is 16.0 Å². The number of amides is 1. The van der Waals surface area contributed by atoms with E-state index in [2.05, 4.69) is 20.2 Å². The number of carbonyl (C=O) groups is 1. The van der Waals surface area contributed by atoms with E-state index in [9.17, 15) is 14.7 Å². The predicted octanol–water partition coefficient (Wildman–Crippen LogP) is 3.18. The van der Waals surface area contributed by atoms with Gasteiger partial charge in [0.2, 0.25) is 5.91 Å². The molecular weight excluding hydrogens is 419 g/mol. The largest absolute Gasteiger partial charge is 0.418 e. The lowest BCUT2D eigenvalue weighted by atomic mass is 9.87. The van der Waals surface area contributed by atoms with Gasteiger partial charge in [0.05, 0.1) is 34.0 Å². The molecule has 0 bridgehead atoms. The van der Waals surface area contributed by atoms with Gasteiger partial charge in [-0.25, -0.2) is 9.78 Å². The second-order valence-corrected chi connectivity index (χ2v) is 7.93. The van der Waals surface area contributed by atoms with Gasteiger partial charge in [-0.15, -0.1) is 0 Å². The number of anilines is 2. The first kappa shape index (κ1) is 19.8. The molecule has 3 N–H and O–H groups in total. The van der Waals surface area contributed by atoms with Crippen molar-refractivity contribution in [3.05, 3.63) is 51.1 Å². The van der Waals surface area contributed by atoms with Crippen molar-refractivity contribution in [3.8, 4) is 0 Å². The van der Waals surface area contributed by atoms with Crippen molar-refractivity contribution in [2.45, 2.75) is 24.9 Å². The van der Waals surface area contributed by atoms with Crippen LogP contribution in [0.2, 0.25) is 10.0 Å². The molecule has 2 aromatic heterocycles. The van der Waals surface area contributed by atoms with E-state index < -0.39 is 11.4 Å². The number of hydrogen-bond acceptors (Lipinski definition) is 6. The molecule has 0 unspecified atom stereocenters. The standard InChI is InChI=1S/C19H18Cl2N4O4/c20-13-2-1-12(8-14(13)21)25-5-3-19(28,4-6-25)9-16(26)23-11-7-15-17(22-10-11)24-18(27)29-15/h1-2,7-8,10,28H,3-6,9H2,(H,23,26)(H,22,24,27). The fourth-order valence-electron chi connectivity index (χ4n) is 3.45. The van der Waals surface area contributed by atoms with Crippen molar-refractivity contribution < 1.29 is 14.3 Å². The number of aromatic amines is 1. The Morgan fingerprint density at radius 2 is 2.03 bits per heavy atom. The number of rotatable bonds is 4. The summed E-state index contributed by atoms with van der Waals surface area (Å²) in [6.07, 6.45) is 2.25. The maximum absolute atomic E-state index is 12.4. The van der Waals surface area contributed by atoms with Crippen LogP contribution in [-0.2, 0) is 4.79 Å². The number of aromatic nitrogens is 2. The molecule has 152 valence electrons. The summed E-state index contributed by atoms with van der Waals surface area (Å²) in [5.74, 6) is -0.950. The van der Waals surface area contributed by atoms with E-state index in [0.29, 0.717) is 47.3 Å². The molecule has 0 atom stereocenters. The number of nitrogens with one attached hydrogen (secondary N) is 2. The van der Waals surface area contributed by atoms with E-state index in [1.807, 2.05) is 6.07 Å². The number of benzene rings is 1. The van der Waals surface area contributed by atoms with Crippen LogP contribution in [0.25, 0.3) is 11.2 Å². The number of nitrogens with zero attached hydrogens (tertiary/aromatic N) is 2. The summed E-state index contributed by atoms with van der Waals surface area (Å²) in [4.78, 5) is 32.2. The second kappa shape index (κ2) is 7.70. The minimum atomic E-state index is -1.10. The van der Waals surface area contributed by atoms with E-state index in [-0.39, 0.29) is 17.9 Å². The average molecular weight is 437 g/mol. The van der Waals surface area contributed by atoms with Gasteiger partial charge in [0.25, 0.3) is 0 Å². The fraction of sp³-hybridized carbons (Fsp3) is 0.316. The Labute approximate surface area is 175 Å². The molecule has 0 radical (unpaired) electrons. The van der Waals surface area contributed by atoms with Crippen molar-refractivity contribution in [2.24, 2.45) is 0 Å². The molecule has 0 aliphatic carbocycles. The number of oxazole rings is 1. The van der Waals surface area contributed by atoms with Crippen molar-refractivity contribution in [1.82, 2.24) is 9.97 Å². The average Bonchev–Trinajstić information content (AvgIpc) is 3.03. The molecule has 1 fully saturated rings. The molecule has 3 heterocycles. The minimum Gasteiger partial charge on any atom is -0.406 e. The molecule has 1 saturated heterocycles. The van der Waals surface area contributed by atoms with E-state index in [0.717, 1.165) is 5.69 Å². The number of pyridine rings is 1. The van der Waals surface area contributed by atoms with Crippen molar-refractivity contribution in [1.29, 1.82) is 0 Å². The fourth-order valence-corrected chi connectivity index (χ4v) is 3.74. The first-order valence-corrected chi connectivity index (χ1v) is 9.78. The maximum Gasteiger partial charge on any atom is 0.418 e. The van der Waals surface area contributed by atoms with Gasteiger partial charge in [-0.05, 0) is 31.0 Å². The lowest BCUT2D eigenvalue weighted by molar-refractivity contribution is -0.121. The Morgan fingerprint density at radius 1 is 1.28 bits per heavy atom. The van der Waals surface area contributed by atoms with Crippen LogP contribution in [-0.4, -0.2) is 39.7 Å². The summed E-state index contributed by atoms with van der Waals surface area (Å²) >= 11 is 12.0. The zero-order valence-corrected chi connectivity index (χ0v) is 16.8. The highest BCUT2D eigenvalue weighted by Gasteiger charge is 2.34. The summed E-state index contributed by atoms with van der Waals surface area (Å²) in [6.45, 7) is 1.17. The normalized spacial score (nSPS) is 16.2. The summed E-state index contributed by atoms with van der Waals surface area (Å²) in [7, 11) is 0. The molecule has 3 aromatic rings. The highest BCUT2D eigenvalue weighted by Crippen LogP contribution is 2.32. The number of hydrogen-bond donors (Lipinski definition) is 3. The molecule has 1 aromatic carbocycles. The van der Waals surface area contributed by atoms with Crippen LogP contribution in [0.3, 0.4) is 0 Å². The van der Waals surface area contributed by atoms with Crippen LogP contribution in [0.4, 0.5) is 11.4 Å². The minimum absolute atomic E-state index is 0.0443. The topological polar surface area (TPSA) is 111 Å². The van der Waals surface area contributed by atoms with Crippen LogP contribution >= 0.6 is 23.2 Å². The van der Waals surface area contributed by atoms with E-state index in [1.54, 1.807) is 12.1 Å². The zero-order valence-electron chi connectivity index (χ0n) is 15.2. The van der Waals surface area contributed by atoms with Crippen molar-refractivity contribution in [2.75, 3.05) is 23.3 Å². The molecule has 1 aliphatic rings. The Balaban J connectivity index is 1.36. The molecule has 10 heteroatoms. The van der Waals surface area contributed by atoms with Gasteiger partial charge < -0.3 is 19.7 Å². The summed E-state index contributed by atoms with van der Waals surface area (Å²) in [5, 5.41) is 14.5. The highest BCUT2D eigenvalue weighted by molar-refractivity contribution is 6.42. The molecule has 1 amide bonds. The molecule has 4 rings (SSSR count). The highest BCUT2D eigenvalue weighted by atomic mass is 35.5. The van der Waals surface area contributed by atoms with Gasteiger partial charge in [-0.3, -0.25) is 9.78 Å². The third-order valence-electron chi connectivity index (χ3n) is 5.01. The molecule has 29 heavy (non-hydrogen) atoms. The van der Waals surface area contributed by atoms with E-state index in [4.69, 9.17) is 27.6 Å². The molecular formula is C19H18Cl2N4O4. The predicted molar refractivity (Wildman–Crippen MR) is 111 cm³/mol. The van der Waals surface area contributed by atoms with Crippen LogP contribution in [0.1, 0.15) is 19.3 Å². The number of aliphatic hydroxyl groups is 1. The lowest BCUT2D eigenvalue weighted by Crippen LogP contribution is -2.46. The Bertz CT molecular complexity index is 1120. The van der Waals surface area contributed by atoms with Crippen molar-refractivity contribution in [3.63, 3.8) is 0 Å². The van der Waals surface area contributed by atoms with Crippen LogP contribution in [0, 0.1) is 0 Å². The molecule has 8 nitrogen and oxygen atoms in total. The Hall–Kier alpha value is -2.55. The third kappa shape index (κ3) is 4.39.